The van der Waals surface area contributed by atoms with E-state index in [1.54, 1.807) is 0 Å². The van der Waals surface area contributed by atoms with Crippen LogP contribution in [0.4, 0.5) is 0 Å². The molecular formula is C8H23N3Si. The molecule has 0 rings (SSSR count). The summed E-state index contributed by atoms with van der Waals surface area (Å²) in [5.74, 6) is 0.00444. The van der Waals surface area contributed by atoms with Crippen molar-refractivity contribution in [2.75, 3.05) is 19.6 Å². The van der Waals surface area contributed by atoms with Gasteiger partial charge in [0.25, 0.3) is 0 Å². The van der Waals surface area contributed by atoms with E-state index in [0.717, 1.165) is 19.6 Å². The Bertz CT molecular complexity index is 91.5. The highest BCUT2D eigenvalue weighted by Crippen LogP contribution is 1.99. The lowest BCUT2D eigenvalue weighted by molar-refractivity contribution is 0.236. The molecule has 0 aliphatic carbocycles. The van der Waals surface area contributed by atoms with Crippen LogP contribution in [0, 0.1) is 0 Å². The molecule has 0 aliphatic rings. The van der Waals surface area contributed by atoms with Gasteiger partial charge in [-0.3, -0.25) is 16.0 Å². The van der Waals surface area contributed by atoms with Gasteiger partial charge in [0.05, 0.1) is 0 Å². The first-order chi connectivity index (χ1) is 5.74. The van der Waals surface area contributed by atoms with Crippen LogP contribution in [0.25, 0.3) is 0 Å². The van der Waals surface area contributed by atoms with Crippen LogP contribution in [0.5, 0.6) is 0 Å². The van der Waals surface area contributed by atoms with Crippen LogP contribution in [0.2, 0.25) is 6.04 Å². The SMILES string of the molecule is CCNC(C[SiH3])(NCC)NCC. The molecule has 4 heteroatoms. The Kier molecular flexibility index (Phi) is 6.65. The molecule has 0 aromatic heterocycles. The van der Waals surface area contributed by atoms with Crippen molar-refractivity contribution in [2.24, 2.45) is 0 Å². The first kappa shape index (κ1) is 12.1. The van der Waals surface area contributed by atoms with Crippen molar-refractivity contribution < 1.29 is 0 Å². The van der Waals surface area contributed by atoms with E-state index in [1.807, 2.05) is 0 Å². The van der Waals surface area contributed by atoms with Gasteiger partial charge < -0.3 is 0 Å². The monoisotopic (exact) mass is 189 g/mol. The fourth-order valence-corrected chi connectivity index (χ4v) is 2.22. The van der Waals surface area contributed by atoms with Crippen LogP contribution >= 0.6 is 0 Å². The standard InChI is InChI=1S/C8H23N3Si/c1-4-9-8(7-12,10-5-2)11-6-3/h9-11H,4-7H2,1-3,12H3. The second-order valence-electron chi connectivity index (χ2n) is 2.85. The van der Waals surface area contributed by atoms with Crippen LogP contribution in [0.3, 0.4) is 0 Å². The molecule has 0 unspecified atom stereocenters. The molecular weight excluding hydrogens is 166 g/mol. The molecule has 0 saturated heterocycles. The Morgan fingerprint density at radius 2 is 1.25 bits per heavy atom. The van der Waals surface area contributed by atoms with Crippen molar-refractivity contribution in [3.05, 3.63) is 0 Å². The minimum absolute atomic E-state index is 0.00444. The second kappa shape index (κ2) is 6.60. The van der Waals surface area contributed by atoms with Gasteiger partial charge in [0.1, 0.15) is 5.79 Å². The Morgan fingerprint density at radius 1 is 0.917 bits per heavy atom. The maximum atomic E-state index is 3.46. The maximum Gasteiger partial charge on any atom is 0.120 e. The topological polar surface area (TPSA) is 36.1 Å². The Balaban J connectivity index is 4.06. The quantitative estimate of drug-likeness (QED) is 0.364. The van der Waals surface area contributed by atoms with Crippen LogP contribution < -0.4 is 16.0 Å². The van der Waals surface area contributed by atoms with Gasteiger partial charge in [0.2, 0.25) is 0 Å². The van der Waals surface area contributed by atoms with E-state index in [-0.39, 0.29) is 5.79 Å². The molecule has 0 aliphatic heterocycles. The average molecular weight is 189 g/mol. The molecule has 0 fully saturated rings. The van der Waals surface area contributed by atoms with E-state index in [9.17, 15) is 0 Å². The van der Waals surface area contributed by atoms with E-state index in [2.05, 4.69) is 36.7 Å². The number of rotatable bonds is 7. The van der Waals surface area contributed by atoms with E-state index < -0.39 is 0 Å². The first-order valence-electron chi connectivity index (χ1n) is 4.99. The minimum Gasteiger partial charge on any atom is -0.288 e. The minimum atomic E-state index is 0.00444. The van der Waals surface area contributed by atoms with Crippen molar-refractivity contribution in [3.8, 4) is 0 Å². The lowest BCUT2D eigenvalue weighted by Gasteiger charge is -2.35. The molecule has 0 radical (unpaired) electrons. The van der Waals surface area contributed by atoms with Crippen LogP contribution in [-0.4, -0.2) is 35.7 Å². The van der Waals surface area contributed by atoms with Gasteiger partial charge in [-0.15, -0.1) is 0 Å². The van der Waals surface area contributed by atoms with Gasteiger partial charge in [-0.25, -0.2) is 0 Å². The van der Waals surface area contributed by atoms with Gasteiger partial charge >= 0.3 is 0 Å². The zero-order valence-corrected chi connectivity index (χ0v) is 10.8. The summed E-state index contributed by atoms with van der Waals surface area (Å²) in [5.41, 5.74) is 0. The van der Waals surface area contributed by atoms with Crippen molar-refractivity contribution in [1.29, 1.82) is 0 Å². The summed E-state index contributed by atoms with van der Waals surface area (Å²) in [6, 6.07) is 1.18. The number of nitrogens with one attached hydrogen (secondary N) is 3. The molecule has 0 aromatic carbocycles. The van der Waals surface area contributed by atoms with Crippen molar-refractivity contribution >= 4 is 10.2 Å². The molecule has 0 heterocycles. The molecule has 0 amide bonds. The normalized spacial score (nSPS) is 12.2. The third-order valence-corrected chi connectivity index (χ3v) is 3.03. The smallest absolute Gasteiger partial charge is 0.120 e. The fourth-order valence-electron chi connectivity index (χ4n) is 1.47. The Labute approximate surface area is 79.1 Å². The molecule has 74 valence electrons. The summed E-state index contributed by atoms with van der Waals surface area (Å²) in [6.07, 6.45) is 0. The largest absolute Gasteiger partial charge is 0.288 e. The Hall–Kier alpha value is 0.0969. The summed E-state index contributed by atoms with van der Waals surface area (Å²) in [4.78, 5) is 0. The second-order valence-corrected chi connectivity index (χ2v) is 3.56. The molecule has 12 heavy (non-hydrogen) atoms. The van der Waals surface area contributed by atoms with Gasteiger partial charge in [-0.2, -0.15) is 0 Å². The van der Waals surface area contributed by atoms with E-state index in [1.165, 1.54) is 16.3 Å². The van der Waals surface area contributed by atoms with Crippen molar-refractivity contribution in [3.63, 3.8) is 0 Å². The molecule has 0 spiro atoms. The summed E-state index contributed by atoms with van der Waals surface area (Å²) >= 11 is 0. The Morgan fingerprint density at radius 3 is 1.42 bits per heavy atom. The zero-order valence-electron chi connectivity index (χ0n) is 8.83. The van der Waals surface area contributed by atoms with Gasteiger partial charge in [0, 0.05) is 10.2 Å². The lowest BCUT2D eigenvalue weighted by atomic mass is 10.3. The van der Waals surface area contributed by atoms with Gasteiger partial charge in [-0.1, -0.05) is 20.8 Å². The molecule has 0 saturated carbocycles. The van der Waals surface area contributed by atoms with E-state index in [0.29, 0.717) is 0 Å². The summed E-state index contributed by atoms with van der Waals surface area (Å²) < 4.78 is 0. The van der Waals surface area contributed by atoms with E-state index >= 15 is 0 Å². The predicted molar refractivity (Wildman–Crippen MR) is 58.5 cm³/mol. The summed E-state index contributed by atoms with van der Waals surface area (Å²) in [5, 5.41) is 10.4. The maximum absolute atomic E-state index is 3.46. The fraction of sp³-hybridized carbons (Fsp3) is 1.00. The zero-order chi connectivity index (χ0) is 9.45. The van der Waals surface area contributed by atoms with Crippen molar-refractivity contribution in [1.82, 2.24) is 16.0 Å². The third kappa shape index (κ3) is 3.67. The number of hydrogen-bond acceptors (Lipinski definition) is 3. The highest BCUT2D eigenvalue weighted by molar-refractivity contribution is 6.09. The summed E-state index contributed by atoms with van der Waals surface area (Å²) in [6.45, 7) is 9.43. The molecule has 0 aromatic rings. The van der Waals surface area contributed by atoms with Crippen LogP contribution in [0.1, 0.15) is 20.8 Å². The van der Waals surface area contributed by atoms with Gasteiger partial charge in [0.15, 0.2) is 0 Å². The average Bonchev–Trinajstić information content (AvgIpc) is 2.06. The molecule has 3 nitrogen and oxygen atoms in total. The highest BCUT2D eigenvalue weighted by Gasteiger charge is 2.23. The highest BCUT2D eigenvalue weighted by atomic mass is 28.1. The number of hydrogen-bond donors (Lipinski definition) is 3. The van der Waals surface area contributed by atoms with E-state index in [4.69, 9.17) is 0 Å². The van der Waals surface area contributed by atoms with Gasteiger partial charge in [-0.05, 0) is 25.7 Å². The van der Waals surface area contributed by atoms with Crippen molar-refractivity contribution in [2.45, 2.75) is 32.6 Å². The molecule has 0 bridgehead atoms. The lowest BCUT2D eigenvalue weighted by Crippen LogP contribution is -2.66. The van der Waals surface area contributed by atoms with Crippen LogP contribution in [-0.2, 0) is 0 Å². The first-order valence-corrected chi connectivity index (χ1v) is 6.41. The third-order valence-electron chi connectivity index (χ3n) is 1.97. The predicted octanol–water partition coefficient (Wildman–Crippen LogP) is -0.748. The molecule has 3 N–H and O–H groups in total. The van der Waals surface area contributed by atoms with Crippen LogP contribution in [0.15, 0.2) is 0 Å². The summed E-state index contributed by atoms with van der Waals surface area (Å²) in [7, 11) is 1.20. The molecule has 0 atom stereocenters.